The van der Waals surface area contributed by atoms with Gasteiger partial charge < -0.3 is 9.51 Å². The normalized spacial score (nSPS) is 11.1. The molecule has 0 aliphatic rings. The van der Waals surface area contributed by atoms with Crippen molar-refractivity contribution in [1.82, 2.24) is 15.1 Å². The Labute approximate surface area is 125 Å². The lowest BCUT2D eigenvalue weighted by Gasteiger charge is -1.95. The van der Waals surface area contributed by atoms with Crippen LogP contribution < -0.4 is 0 Å². The molecule has 0 saturated heterocycles. The van der Waals surface area contributed by atoms with Crippen LogP contribution in [0.4, 0.5) is 4.39 Å². The molecule has 0 atom stereocenters. The molecule has 1 N–H and O–H groups in total. The van der Waals surface area contributed by atoms with Crippen LogP contribution in [0.15, 0.2) is 59.3 Å². The van der Waals surface area contributed by atoms with Gasteiger partial charge in [-0.05, 0) is 23.8 Å². The third-order valence-electron chi connectivity index (χ3n) is 3.60. The minimum atomic E-state index is -0.371. The van der Waals surface area contributed by atoms with E-state index in [2.05, 4.69) is 15.1 Å². The van der Waals surface area contributed by atoms with E-state index >= 15 is 0 Å². The number of hydrogen-bond acceptors (Lipinski definition) is 3. The van der Waals surface area contributed by atoms with Crippen LogP contribution in [0.5, 0.6) is 0 Å². The van der Waals surface area contributed by atoms with E-state index in [4.69, 9.17) is 4.52 Å². The highest BCUT2D eigenvalue weighted by atomic mass is 19.1. The fourth-order valence-corrected chi connectivity index (χ4v) is 2.52. The summed E-state index contributed by atoms with van der Waals surface area (Å²) in [7, 11) is 0. The first-order valence-corrected chi connectivity index (χ1v) is 6.94. The molecule has 0 unspecified atom stereocenters. The van der Waals surface area contributed by atoms with Crippen LogP contribution in [-0.4, -0.2) is 15.1 Å². The van der Waals surface area contributed by atoms with E-state index in [0.29, 0.717) is 17.8 Å². The summed E-state index contributed by atoms with van der Waals surface area (Å²) in [6.45, 7) is 0. The quantitative estimate of drug-likeness (QED) is 0.622. The maximum Gasteiger partial charge on any atom is 0.260 e. The summed E-state index contributed by atoms with van der Waals surface area (Å²) in [5.41, 5.74) is 2.46. The van der Waals surface area contributed by atoms with Gasteiger partial charge in [0.05, 0.1) is 5.56 Å². The zero-order valence-electron chi connectivity index (χ0n) is 11.6. The highest BCUT2D eigenvalue weighted by Crippen LogP contribution is 2.23. The lowest BCUT2D eigenvalue weighted by atomic mass is 10.1. The highest BCUT2D eigenvalue weighted by Gasteiger charge is 2.14. The van der Waals surface area contributed by atoms with Crippen molar-refractivity contribution in [1.29, 1.82) is 0 Å². The Kier molecular flexibility index (Phi) is 2.96. The summed E-state index contributed by atoms with van der Waals surface area (Å²) in [4.78, 5) is 7.50. The van der Waals surface area contributed by atoms with Gasteiger partial charge in [0, 0.05) is 23.5 Å². The van der Waals surface area contributed by atoms with Crippen molar-refractivity contribution in [2.45, 2.75) is 6.42 Å². The molecule has 0 aliphatic carbocycles. The number of fused-ring (bicyclic) bond motifs is 1. The summed E-state index contributed by atoms with van der Waals surface area (Å²) in [5, 5.41) is 5.07. The number of benzene rings is 2. The lowest BCUT2D eigenvalue weighted by molar-refractivity contribution is 0.421. The van der Waals surface area contributed by atoms with Gasteiger partial charge in [-0.3, -0.25) is 0 Å². The number of H-pyrrole nitrogens is 1. The molecule has 2 heterocycles. The number of para-hydroxylation sites is 1. The molecule has 0 aliphatic heterocycles. The third kappa shape index (κ3) is 2.16. The number of hydrogen-bond donors (Lipinski definition) is 1. The Bertz CT molecular complexity index is 942. The number of rotatable bonds is 3. The Morgan fingerprint density at radius 1 is 1.05 bits per heavy atom. The maximum atomic E-state index is 13.7. The van der Waals surface area contributed by atoms with Crippen LogP contribution in [0.3, 0.4) is 0 Å². The van der Waals surface area contributed by atoms with Crippen LogP contribution in [-0.2, 0) is 6.42 Å². The molecule has 0 fully saturated rings. The number of aromatic nitrogens is 3. The first kappa shape index (κ1) is 12.8. The average molecular weight is 293 g/mol. The summed E-state index contributed by atoms with van der Waals surface area (Å²) < 4.78 is 18.9. The zero-order chi connectivity index (χ0) is 14.9. The molecule has 0 radical (unpaired) electrons. The van der Waals surface area contributed by atoms with Gasteiger partial charge in [0.25, 0.3) is 5.89 Å². The Hall–Kier alpha value is -2.95. The predicted molar refractivity (Wildman–Crippen MR) is 80.8 cm³/mol. The molecule has 0 amide bonds. The van der Waals surface area contributed by atoms with Crippen molar-refractivity contribution in [3.63, 3.8) is 0 Å². The van der Waals surface area contributed by atoms with Gasteiger partial charge >= 0.3 is 0 Å². The average Bonchev–Trinajstić information content (AvgIpc) is 3.16. The molecule has 4 nitrogen and oxygen atoms in total. The van der Waals surface area contributed by atoms with Gasteiger partial charge in [0.15, 0.2) is 5.82 Å². The fourth-order valence-electron chi connectivity index (χ4n) is 2.52. The molecule has 22 heavy (non-hydrogen) atoms. The van der Waals surface area contributed by atoms with Crippen LogP contribution in [0.2, 0.25) is 0 Å². The molecule has 4 aromatic rings. The maximum absolute atomic E-state index is 13.7. The van der Waals surface area contributed by atoms with Gasteiger partial charge in [-0.1, -0.05) is 35.5 Å². The molecular formula is C17H12FN3O. The predicted octanol–water partition coefficient (Wildman–Crippen LogP) is 3.95. The van der Waals surface area contributed by atoms with Crippen molar-refractivity contribution in [2.24, 2.45) is 0 Å². The van der Waals surface area contributed by atoms with E-state index in [1.54, 1.807) is 18.2 Å². The SMILES string of the molecule is Fc1ccccc1-c1nc(Cc2c[nH]c3ccccc23)no1. The zero-order valence-corrected chi connectivity index (χ0v) is 11.6. The monoisotopic (exact) mass is 293 g/mol. The minimum absolute atomic E-state index is 0.202. The van der Waals surface area contributed by atoms with E-state index in [1.807, 2.05) is 30.5 Å². The van der Waals surface area contributed by atoms with Gasteiger partial charge in [-0.2, -0.15) is 4.98 Å². The Morgan fingerprint density at radius 3 is 2.77 bits per heavy atom. The van der Waals surface area contributed by atoms with Crippen LogP contribution in [0, 0.1) is 5.82 Å². The summed E-state index contributed by atoms with van der Waals surface area (Å²) in [5.74, 6) is 0.362. The second-order valence-electron chi connectivity index (χ2n) is 5.03. The van der Waals surface area contributed by atoms with Gasteiger partial charge in [-0.25, -0.2) is 4.39 Å². The van der Waals surface area contributed by atoms with Crippen molar-refractivity contribution in [3.8, 4) is 11.5 Å². The van der Waals surface area contributed by atoms with Crippen molar-refractivity contribution in [3.05, 3.63) is 71.9 Å². The molecule has 108 valence electrons. The molecule has 4 rings (SSSR count). The minimum Gasteiger partial charge on any atom is -0.361 e. The van der Waals surface area contributed by atoms with E-state index in [0.717, 1.165) is 16.5 Å². The number of nitrogens with zero attached hydrogens (tertiary/aromatic N) is 2. The van der Waals surface area contributed by atoms with E-state index < -0.39 is 0 Å². The molecule has 0 spiro atoms. The topological polar surface area (TPSA) is 54.7 Å². The van der Waals surface area contributed by atoms with E-state index in [1.165, 1.54) is 6.07 Å². The Balaban J connectivity index is 1.66. The van der Waals surface area contributed by atoms with Crippen LogP contribution >= 0.6 is 0 Å². The number of nitrogens with one attached hydrogen (secondary N) is 1. The van der Waals surface area contributed by atoms with E-state index in [9.17, 15) is 4.39 Å². The molecule has 2 aromatic carbocycles. The van der Waals surface area contributed by atoms with Crippen LogP contribution in [0.25, 0.3) is 22.4 Å². The van der Waals surface area contributed by atoms with Gasteiger partial charge in [0.2, 0.25) is 0 Å². The van der Waals surface area contributed by atoms with Crippen molar-refractivity contribution in [2.75, 3.05) is 0 Å². The molecule has 0 bridgehead atoms. The van der Waals surface area contributed by atoms with E-state index in [-0.39, 0.29) is 11.7 Å². The molecular weight excluding hydrogens is 281 g/mol. The van der Waals surface area contributed by atoms with Gasteiger partial charge in [0.1, 0.15) is 5.82 Å². The standard InChI is InChI=1S/C17H12FN3O/c18-14-7-3-1-6-13(14)17-20-16(21-22-17)9-11-10-19-15-8-4-2-5-12(11)15/h1-8,10,19H,9H2. The van der Waals surface area contributed by atoms with Crippen molar-refractivity contribution < 1.29 is 8.91 Å². The molecule has 2 aromatic heterocycles. The largest absolute Gasteiger partial charge is 0.361 e. The van der Waals surface area contributed by atoms with Crippen molar-refractivity contribution >= 4 is 10.9 Å². The first-order chi connectivity index (χ1) is 10.8. The number of halogens is 1. The Morgan fingerprint density at radius 2 is 1.86 bits per heavy atom. The smallest absolute Gasteiger partial charge is 0.260 e. The second-order valence-corrected chi connectivity index (χ2v) is 5.03. The van der Waals surface area contributed by atoms with Gasteiger partial charge in [-0.15, -0.1) is 0 Å². The fraction of sp³-hybridized carbons (Fsp3) is 0.0588. The van der Waals surface area contributed by atoms with Crippen LogP contribution in [0.1, 0.15) is 11.4 Å². The first-order valence-electron chi connectivity index (χ1n) is 6.94. The molecule has 0 saturated carbocycles. The lowest BCUT2D eigenvalue weighted by Crippen LogP contribution is -1.90. The summed E-state index contributed by atoms with van der Waals surface area (Å²) in [6.07, 6.45) is 2.46. The third-order valence-corrected chi connectivity index (χ3v) is 3.60. The highest BCUT2D eigenvalue weighted by molar-refractivity contribution is 5.83. The second kappa shape index (κ2) is 5.11. The number of aromatic amines is 1. The summed E-state index contributed by atoms with van der Waals surface area (Å²) in [6, 6.07) is 14.4. The summed E-state index contributed by atoms with van der Waals surface area (Å²) >= 11 is 0. The molecule has 5 heteroatoms.